The molecule has 2 heterocycles. The summed E-state index contributed by atoms with van der Waals surface area (Å²) in [7, 11) is 1.71. The summed E-state index contributed by atoms with van der Waals surface area (Å²) in [5.74, 6) is -0.185. The molecule has 2 rings (SSSR count). The molecule has 0 atom stereocenters. The van der Waals surface area contributed by atoms with Gasteiger partial charge in [-0.1, -0.05) is 0 Å². The third-order valence-electron chi connectivity index (χ3n) is 3.12. The molecule has 0 unspecified atom stereocenters. The van der Waals surface area contributed by atoms with Crippen molar-refractivity contribution >= 4 is 11.8 Å². The van der Waals surface area contributed by atoms with Crippen LogP contribution < -0.4 is 10.6 Å². The average Bonchev–Trinajstić information content (AvgIpc) is 2.37. The second kappa shape index (κ2) is 5.20. The second-order valence-electron chi connectivity index (χ2n) is 4.42. The Morgan fingerprint density at radius 1 is 1.32 bits per heavy atom. The summed E-state index contributed by atoms with van der Waals surface area (Å²) in [5.41, 5.74) is 4.33. The topological polar surface area (TPSA) is 64.3 Å². The molecule has 0 saturated carbocycles. The molecule has 0 bridgehead atoms. The number of halogens is 3. The minimum Gasteiger partial charge on any atom is -0.381 e. The summed E-state index contributed by atoms with van der Waals surface area (Å²) in [6.07, 6.45) is -3.02. The maximum Gasteiger partial charge on any atom is 0.433 e. The monoisotopic (exact) mass is 276 g/mol. The second-order valence-corrected chi connectivity index (χ2v) is 4.42. The Morgan fingerprint density at radius 2 is 1.95 bits per heavy atom. The molecule has 106 valence electrons. The fourth-order valence-electron chi connectivity index (χ4n) is 2.04. The van der Waals surface area contributed by atoms with Gasteiger partial charge in [0.1, 0.15) is 5.82 Å². The van der Waals surface area contributed by atoms with Crippen LogP contribution in [0.2, 0.25) is 0 Å². The van der Waals surface area contributed by atoms with E-state index in [1.54, 1.807) is 11.9 Å². The number of rotatable bonds is 2. The fraction of sp³-hybridized carbons (Fsp3) is 0.636. The summed E-state index contributed by atoms with van der Waals surface area (Å²) < 4.78 is 43.2. The van der Waals surface area contributed by atoms with Crippen molar-refractivity contribution in [2.24, 2.45) is 0 Å². The van der Waals surface area contributed by atoms with E-state index in [1.807, 2.05) is 0 Å². The lowest BCUT2D eigenvalue weighted by Crippen LogP contribution is -2.37. The van der Waals surface area contributed by atoms with Gasteiger partial charge in [-0.25, -0.2) is 4.98 Å². The first-order chi connectivity index (χ1) is 8.88. The number of anilines is 2. The number of ether oxygens (including phenoxy) is 1. The van der Waals surface area contributed by atoms with Crippen LogP contribution >= 0.6 is 0 Å². The molecule has 1 saturated heterocycles. The zero-order valence-corrected chi connectivity index (χ0v) is 10.4. The zero-order chi connectivity index (χ0) is 14.0. The Labute approximate surface area is 108 Å². The van der Waals surface area contributed by atoms with Crippen LogP contribution in [0.1, 0.15) is 18.5 Å². The van der Waals surface area contributed by atoms with Gasteiger partial charge in [0, 0.05) is 32.4 Å². The smallest absolute Gasteiger partial charge is 0.381 e. The van der Waals surface area contributed by atoms with Crippen molar-refractivity contribution in [2.75, 3.05) is 30.9 Å². The largest absolute Gasteiger partial charge is 0.433 e. The summed E-state index contributed by atoms with van der Waals surface area (Å²) in [6, 6.07) is 1.02. The molecule has 1 aromatic heterocycles. The highest BCUT2D eigenvalue weighted by Gasteiger charge is 2.34. The van der Waals surface area contributed by atoms with Gasteiger partial charge in [0.15, 0.2) is 5.69 Å². The fourth-order valence-corrected chi connectivity index (χ4v) is 2.04. The third-order valence-corrected chi connectivity index (χ3v) is 3.12. The van der Waals surface area contributed by atoms with E-state index in [0.29, 0.717) is 13.2 Å². The molecule has 19 heavy (non-hydrogen) atoms. The number of hydrogen-bond donors (Lipinski definition) is 1. The van der Waals surface area contributed by atoms with Crippen molar-refractivity contribution in [3.63, 3.8) is 0 Å². The summed E-state index contributed by atoms with van der Waals surface area (Å²) in [5, 5.41) is 0. The van der Waals surface area contributed by atoms with Crippen molar-refractivity contribution in [2.45, 2.75) is 25.1 Å². The molecule has 0 radical (unpaired) electrons. The Balaban J connectivity index is 2.26. The molecule has 0 aromatic carbocycles. The van der Waals surface area contributed by atoms with Gasteiger partial charge in [0.05, 0.1) is 0 Å². The first kappa shape index (κ1) is 13.9. The minimum atomic E-state index is -4.53. The van der Waals surface area contributed by atoms with Gasteiger partial charge in [0.25, 0.3) is 0 Å². The van der Waals surface area contributed by atoms with E-state index in [9.17, 15) is 13.2 Å². The number of hydrogen-bond acceptors (Lipinski definition) is 5. The maximum atomic E-state index is 12.7. The van der Waals surface area contributed by atoms with Crippen molar-refractivity contribution in [1.82, 2.24) is 9.97 Å². The van der Waals surface area contributed by atoms with Gasteiger partial charge in [-0.05, 0) is 12.8 Å². The van der Waals surface area contributed by atoms with Crippen molar-refractivity contribution in [1.29, 1.82) is 0 Å². The molecule has 8 heteroatoms. The molecule has 5 nitrogen and oxygen atoms in total. The Bertz CT molecular complexity index is 446. The Hall–Kier alpha value is -1.57. The highest BCUT2D eigenvalue weighted by molar-refractivity contribution is 5.44. The number of alkyl halides is 3. The van der Waals surface area contributed by atoms with Crippen LogP contribution in [0.3, 0.4) is 0 Å². The van der Waals surface area contributed by atoms with Gasteiger partial charge in [-0.2, -0.15) is 18.2 Å². The van der Waals surface area contributed by atoms with Crippen molar-refractivity contribution < 1.29 is 17.9 Å². The molecular formula is C11H15F3N4O. The van der Waals surface area contributed by atoms with Gasteiger partial charge in [-0.3, -0.25) is 0 Å². The molecule has 1 fully saturated rings. The lowest BCUT2D eigenvalue weighted by molar-refractivity contribution is -0.141. The van der Waals surface area contributed by atoms with Crippen LogP contribution in [0.4, 0.5) is 24.9 Å². The van der Waals surface area contributed by atoms with Crippen LogP contribution in [-0.2, 0) is 10.9 Å². The molecule has 0 spiro atoms. The molecule has 1 aromatic rings. The summed E-state index contributed by atoms with van der Waals surface area (Å²) >= 11 is 0. The number of nitrogen functional groups attached to an aromatic ring is 1. The Kier molecular flexibility index (Phi) is 3.79. The van der Waals surface area contributed by atoms with Crippen molar-refractivity contribution in [3.05, 3.63) is 11.8 Å². The minimum absolute atomic E-state index is 0.101. The van der Waals surface area contributed by atoms with E-state index >= 15 is 0 Å². The van der Waals surface area contributed by atoms with E-state index in [1.165, 1.54) is 0 Å². The van der Waals surface area contributed by atoms with E-state index < -0.39 is 11.9 Å². The van der Waals surface area contributed by atoms with E-state index in [0.717, 1.165) is 18.9 Å². The highest BCUT2D eigenvalue weighted by atomic mass is 19.4. The summed E-state index contributed by atoms with van der Waals surface area (Å²) in [4.78, 5) is 8.80. The third kappa shape index (κ3) is 3.25. The molecular weight excluding hydrogens is 261 g/mol. The van der Waals surface area contributed by atoms with E-state index in [2.05, 4.69) is 9.97 Å². The van der Waals surface area contributed by atoms with Gasteiger partial charge >= 0.3 is 6.18 Å². The highest BCUT2D eigenvalue weighted by Crippen LogP contribution is 2.30. The molecule has 1 aliphatic heterocycles. The Morgan fingerprint density at radius 3 is 2.53 bits per heavy atom. The van der Waals surface area contributed by atoms with Gasteiger partial charge < -0.3 is 15.4 Å². The van der Waals surface area contributed by atoms with Crippen LogP contribution in [0, 0.1) is 0 Å². The SMILES string of the molecule is CN(c1cc(C(F)(F)F)nc(N)n1)C1CCOCC1. The normalized spacial score (nSPS) is 17.5. The number of nitrogens with two attached hydrogens (primary N) is 1. The summed E-state index contributed by atoms with van der Waals surface area (Å²) in [6.45, 7) is 1.20. The lowest BCUT2D eigenvalue weighted by atomic mass is 10.1. The molecule has 0 aliphatic carbocycles. The molecule has 0 amide bonds. The van der Waals surface area contributed by atoms with Crippen LogP contribution in [0.15, 0.2) is 6.07 Å². The first-order valence-corrected chi connectivity index (χ1v) is 5.90. The predicted octanol–water partition coefficient (Wildman–Crippen LogP) is 1.69. The van der Waals surface area contributed by atoms with Crippen LogP contribution in [-0.4, -0.2) is 36.3 Å². The molecule has 2 N–H and O–H groups in total. The zero-order valence-electron chi connectivity index (χ0n) is 10.4. The number of aromatic nitrogens is 2. The predicted molar refractivity (Wildman–Crippen MR) is 63.7 cm³/mol. The quantitative estimate of drug-likeness (QED) is 0.890. The van der Waals surface area contributed by atoms with Crippen molar-refractivity contribution in [3.8, 4) is 0 Å². The van der Waals surface area contributed by atoms with E-state index in [-0.39, 0.29) is 17.8 Å². The average molecular weight is 276 g/mol. The maximum absolute atomic E-state index is 12.7. The van der Waals surface area contributed by atoms with E-state index in [4.69, 9.17) is 10.5 Å². The lowest BCUT2D eigenvalue weighted by Gasteiger charge is -2.32. The van der Waals surface area contributed by atoms with Crippen LogP contribution in [0.25, 0.3) is 0 Å². The number of nitrogens with zero attached hydrogens (tertiary/aromatic N) is 3. The molecule has 1 aliphatic rings. The van der Waals surface area contributed by atoms with Gasteiger partial charge in [0.2, 0.25) is 5.95 Å². The first-order valence-electron chi connectivity index (χ1n) is 5.90. The standard InChI is InChI=1S/C11H15F3N4O/c1-18(7-2-4-19-5-3-7)9-6-8(11(12,13)14)16-10(15)17-9/h6-7H,2-5H2,1H3,(H2,15,16,17). The van der Waals surface area contributed by atoms with Gasteiger partial charge in [-0.15, -0.1) is 0 Å². The van der Waals surface area contributed by atoms with Crippen LogP contribution in [0.5, 0.6) is 0 Å².